The molecular formula is C26H28N6O2. The molecule has 6 rings (SSSR count). The Morgan fingerprint density at radius 3 is 2.62 bits per heavy atom. The van der Waals surface area contributed by atoms with Crippen LogP contribution in [-0.4, -0.2) is 67.1 Å². The first-order valence-corrected chi connectivity index (χ1v) is 12.0. The maximum absolute atomic E-state index is 13.2. The molecule has 1 N–H and O–H groups in total. The highest BCUT2D eigenvalue weighted by Crippen LogP contribution is 2.32. The van der Waals surface area contributed by atoms with Crippen LogP contribution in [0.15, 0.2) is 48.9 Å². The summed E-state index contributed by atoms with van der Waals surface area (Å²) in [6.45, 7) is 4.97. The van der Waals surface area contributed by atoms with Crippen LogP contribution < -0.4 is 0 Å². The van der Waals surface area contributed by atoms with Gasteiger partial charge >= 0.3 is 0 Å². The van der Waals surface area contributed by atoms with E-state index in [4.69, 9.17) is 0 Å². The normalized spacial score (nSPS) is 21.0. The van der Waals surface area contributed by atoms with E-state index >= 15 is 0 Å². The second-order valence-corrected chi connectivity index (χ2v) is 9.63. The molecule has 174 valence electrons. The Morgan fingerprint density at radius 2 is 1.74 bits per heavy atom. The Labute approximate surface area is 197 Å². The number of nitrogens with one attached hydrogen (secondary N) is 1. The molecule has 6 heterocycles. The number of aromatic nitrogens is 4. The monoisotopic (exact) mass is 456 g/mol. The van der Waals surface area contributed by atoms with Crippen molar-refractivity contribution in [3.05, 3.63) is 65.9 Å². The van der Waals surface area contributed by atoms with E-state index in [2.05, 4.69) is 15.0 Å². The molecule has 8 heteroatoms. The first-order chi connectivity index (χ1) is 16.5. The minimum absolute atomic E-state index is 0.00246. The molecule has 0 saturated carbocycles. The molecule has 2 aliphatic rings. The summed E-state index contributed by atoms with van der Waals surface area (Å²) in [5.41, 5.74) is 4.73. The lowest BCUT2D eigenvalue weighted by atomic mass is 9.84. The quantitative estimate of drug-likeness (QED) is 0.511. The predicted molar refractivity (Wildman–Crippen MR) is 129 cm³/mol. The van der Waals surface area contributed by atoms with E-state index in [1.54, 1.807) is 6.07 Å². The van der Waals surface area contributed by atoms with Gasteiger partial charge in [-0.3, -0.25) is 9.59 Å². The fourth-order valence-electron chi connectivity index (χ4n) is 5.58. The van der Waals surface area contributed by atoms with Crippen molar-refractivity contribution in [1.82, 2.24) is 29.2 Å². The SMILES string of the molecule is Cc1cn2cc(C(=O)N3CCC(C4CCCN(C(=O)c5ccc6[nH]ccc6n5)C4)C3)ccc2n1. The molecule has 8 nitrogen and oxygen atoms in total. The van der Waals surface area contributed by atoms with Gasteiger partial charge in [-0.15, -0.1) is 0 Å². The Kier molecular flexibility index (Phi) is 5.08. The maximum atomic E-state index is 13.2. The van der Waals surface area contributed by atoms with E-state index in [9.17, 15) is 9.59 Å². The number of rotatable bonds is 3. The van der Waals surface area contributed by atoms with Crippen LogP contribution >= 0.6 is 0 Å². The molecule has 2 unspecified atom stereocenters. The highest BCUT2D eigenvalue weighted by atomic mass is 16.2. The van der Waals surface area contributed by atoms with E-state index < -0.39 is 0 Å². The zero-order valence-corrected chi connectivity index (χ0v) is 19.3. The number of hydrogen-bond donors (Lipinski definition) is 1. The standard InChI is InChI=1S/C26H28N6O2/c1-17-13-32-16-20(4-7-24(32)28-17)25(33)31-12-9-19(15-31)18-3-2-11-30(14-18)26(34)23-6-5-21-22(29-23)8-10-27-21/h4-8,10,13,16,18-19,27H,2-3,9,11-12,14-15H2,1H3. The van der Waals surface area contributed by atoms with E-state index in [1.165, 1.54) is 0 Å². The highest BCUT2D eigenvalue weighted by molar-refractivity contribution is 5.95. The highest BCUT2D eigenvalue weighted by Gasteiger charge is 2.36. The Morgan fingerprint density at radius 1 is 0.912 bits per heavy atom. The third kappa shape index (κ3) is 3.73. The molecule has 0 radical (unpaired) electrons. The van der Waals surface area contributed by atoms with Crippen molar-refractivity contribution in [2.75, 3.05) is 26.2 Å². The number of fused-ring (bicyclic) bond motifs is 2. The topological polar surface area (TPSA) is 86.6 Å². The minimum atomic E-state index is 0.00246. The molecule has 2 fully saturated rings. The summed E-state index contributed by atoms with van der Waals surface area (Å²) in [7, 11) is 0. The van der Waals surface area contributed by atoms with Crippen LogP contribution in [0.4, 0.5) is 0 Å². The van der Waals surface area contributed by atoms with E-state index in [-0.39, 0.29) is 11.8 Å². The van der Waals surface area contributed by atoms with Crippen LogP contribution in [0.2, 0.25) is 0 Å². The molecule has 2 amide bonds. The number of carbonyl (C=O) groups excluding carboxylic acids is 2. The molecule has 34 heavy (non-hydrogen) atoms. The molecule has 2 saturated heterocycles. The summed E-state index contributed by atoms with van der Waals surface area (Å²) in [6.07, 6.45) is 8.73. The van der Waals surface area contributed by atoms with E-state index in [0.29, 0.717) is 23.1 Å². The summed E-state index contributed by atoms with van der Waals surface area (Å²) < 4.78 is 1.92. The number of piperidine rings is 1. The van der Waals surface area contributed by atoms with Crippen LogP contribution in [0.3, 0.4) is 0 Å². The zero-order valence-electron chi connectivity index (χ0n) is 19.3. The van der Waals surface area contributed by atoms with Gasteiger partial charge in [0.1, 0.15) is 11.3 Å². The molecule has 2 aliphatic heterocycles. The fourth-order valence-corrected chi connectivity index (χ4v) is 5.58. The molecule has 2 atom stereocenters. The first-order valence-electron chi connectivity index (χ1n) is 12.0. The van der Waals surface area contributed by atoms with Gasteiger partial charge in [0.05, 0.1) is 22.3 Å². The molecule has 4 aromatic rings. The third-order valence-corrected chi connectivity index (χ3v) is 7.37. The number of hydrogen-bond acceptors (Lipinski definition) is 4. The predicted octanol–water partition coefficient (Wildman–Crippen LogP) is 3.53. The lowest BCUT2D eigenvalue weighted by molar-refractivity contribution is 0.0613. The van der Waals surface area contributed by atoms with Crippen molar-refractivity contribution in [1.29, 1.82) is 0 Å². The second-order valence-electron chi connectivity index (χ2n) is 9.63. The van der Waals surface area contributed by atoms with Crippen molar-refractivity contribution < 1.29 is 9.59 Å². The largest absolute Gasteiger partial charge is 0.360 e. The summed E-state index contributed by atoms with van der Waals surface area (Å²) in [5, 5.41) is 0. The number of pyridine rings is 2. The van der Waals surface area contributed by atoms with Gasteiger partial charge in [-0.2, -0.15) is 0 Å². The lowest BCUT2D eigenvalue weighted by Gasteiger charge is -2.35. The fraction of sp³-hybridized carbons (Fsp3) is 0.385. The van der Waals surface area contributed by atoms with Gasteiger partial charge in [0.15, 0.2) is 0 Å². The molecule has 0 aromatic carbocycles. The number of likely N-dealkylation sites (tertiary alicyclic amines) is 2. The molecule has 0 aliphatic carbocycles. The maximum Gasteiger partial charge on any atom is 0.272 e. The number of aromatic amines is 1. The van der Waals surface area contributed by atoms with Crippen molar-refractivity contribution in [3.8, 4) is 0 Å². The van der Waals surface area contributed by atoms with E-state index in [1.807, 2.05) is 64.0 Å². The van der Waals surface area contributed by atoms with Crippen molar-refractivity contribution >= 4 is 28.5 Å². The Hall–Kier alpha value is -3.68. The van der Waals surface area contributed by atoms with Gasteiger partial charge in [0.25, 0.3) is 11.8 Å². The molecule has 4 aromatic heterocycles. The molecular weight excluding hydrogens is 428 g/mol. The lowest BCUT2D eigenvalue weighted by Crippen LogP contribution is -2.43. The number of amides is 2. The summed E-state index contributed by atoms with van der Waals surface area (Å²) >= 11 is 0. The number of aryl methyl sites for hydroxylation is 1. The average molecular weight is 457 g/mol. The van der Waals surface area contributed by atoms with Crippen LogP contribution in [0, 0.1) is 18.8 Å². The summed E-state index contributed by atoms with van der Waals surface area (Å²) in [6, 6.07) is 9.38. The Balaban J connectivity index is 1.12. The van der Waals surface area contributed by atoms with Gasteiger partial charge in [0.2, 0.25) is 0 Å². The minimum Gasteiger partial charge on any atom is -0.360 e. The summed E-state index contributed by atoms with van der Waals surface area (Å²) in [5.74, 6) is 0.898. The number of carbonyl (C=O) groups is 2. The van der Waals surface area contributed by atoms with Crippen molar-refractivity contribution in [3.63, 3.8) is 0 Å². The van der Waals surface area contributed by atoms with Crippen LogP contribution in [0.5, 0.6) is 0 Å². The Bertz CT molecular complexity index is 1390. The smallest absolute Gasteiger partial charge is 0.272 e. The number of nitrogens with zero attached hydrogens (tertiary/aromatic N) is 5. The molecule has 0 spiro atoms. The van der Waals surface area contributed by atoms with E-state index in [0.717, 1.165) is 67.8 Å². The molecule has 0 bridgehead atoms. The summed E-state index contributed by atoms with van der Waals surface area (Å²) in [4.78, 5) is 42.4. The van der Waals surface area contributed by atoms with Crippen LogP contribution in [-0.2, 0) is 0 Å². The van der Waals surface area contributed by atoms with Gasteiger partial charge in [-0.05, 0) is 68.4 Å². The zero-order chi connectivity index (χ0) is 23.2. The van der Waals surface area contributed by atoms with Gasteiger partial charge < -0.3 is 19.2 Å². The van der Waals surface area contributed by atoms with Crippen molar-refractivity contribution in [2.24, 2.45) is 11.8 Å². The number of H-pyrrole nitrogens is 1. The van der Waals surface area contributed by atoms with Gasteiger partial charge in [-0.1, -0.05) is 0 Å². The van der Waals surface area contributed by atoms with Crippen LogP contribution in [0.25, 0.3) is 16.7 Å². The number of imidazole rings is 1. The van der Waals surface area contributed by atoms with Gasteiger partial charge in [0, 0.05) is 44.8 Å². The van der Waals surface area contributed by atoms with Crippen LogP contribution in [0.1, 0.15) is 45.8 Å². The van der Waals surface area contributed by atoms with Gasteiger partial charge in [-0.25, -0.2) is 9.97 Å². The second kappa shape index (κ2) is 8.27. The third-order valence-electron chi connectivity index (χ3n) is 7.37. The first kappa shape index (κ1) is 20.9. The average Bonchev–Trinajstić information content (AvgIpc) is 3.61. The van der Waals surface area contributed by atoms with Crippen molar-refractivity contribution in [2.45, 2.75) is 26.2 Å².